The van der Waals surface area contributed by atoms with Gasteiger partial charge in [-0.1, -0.05) is 27.5 Å². The number of rotatable bonds is 0. The van der Waals surface area contributed by atoms with Gasteiger partial charge in [0.25, 0.3) is 0 Å². The summed E-state index contributed by atoms with van der Waals surface area (Å²) in [6.07, 6.45) is 1.55. The third kappa shape index (κ3) is 1.54. The number of aromatic nitrogens is 1. The summed E-state index contributed by atoms with van der Waals surface area (Å²) in [6.45, 7) is 0. The van der Waals surface area contributed by atoms with Gasteiger partial charge in [0.05, 0.1) is 0 Å². The Balaban J connectivity index is 2.92. The Morgan fingerprint density at radius 1 is 1.31 bits per heavy atom. The van der Waals surface area contributed by atoms with Crippen molar-refractivity contribution in [2.45, 2.75) is 0 Å². The normalized spacial score (nSPS) is 10.7. The Kier molecular flexibility index (Phi) is 2.22. The summed E-state index contributed by atoms with van der Waals surface area (Å²) < 4.78 is 14.1. The van der Waals surface area contributed by atoms with Crippen LogP contribution in [0.3, 0.4) is 0 Å². The molecule has 0 aliphatic rings. The van der Waals surface area contributed by atoms with E-state index < -0.39 is 0 Å². The van der Waals surface area contributed by atoms with E-state index in [9.17, 15) is 4.39 Å². The number of hydrogen-bond donors (Lipinski definition) is 0. The van der Waals surface area contributed by atoms with E-state index in [4.69, 9.17) is 11.6 Å². The first-order valence-electron chi connectivity index (χ1n) is 3.58. The van der Waals surface area contributed by atoms with Gasteiger partial charge in [0.2, 0.25) is 0 Å². The van der Waals surface area contributed by atoms with Crippen LogP contribution in [0, 0.1) is 5.82 Å². The lowest BCUT2D eigenvalue weighted by atomic mass is 10.2. The van der Waals surface area contributed by atoms with Gasteiger partial charge in [-0.3, -0.25) is 0 Å². The maximum Gasteiger partial charge on any atom is 0.131 e. The molecule has 0 amide bonds. The number of halogens is 3. The highest BCUT2D eigenvalue weighted by atomic mass is 79.9. The van der Waals surface area contributed by atoms with E-state index >= 15 is 0 Å². The summed E-state index contributed by atoms with van der Waals surface area (Å²) in [5, 5.41) is 1.50. The second-order valence-electron chi connectivity index (χ2n) is 2.58. The minimum Gasteiger partial charge on any atom is -0.244 e. The van der Waals surface area contributed by atoms with Crippen molar-refractivity contribution >= 4 is 38.3 Å². The van der Waals surface area contributed by atoms with E-state index in [0.717, 1.165) is 9.86 Å². The van der Waals surface area contributed by atoms with Gasteiger partial charge in [-0.2, -0.15) is 0 Å². The Hall–Kier alpha value is -0.670. The molecule has 2 aromatic rings. The van der Waals surface area contributed by atoms with Gasteiger partial charge in [-0.05, 0) is 18.2 Å². The molecular weight excluding hydrogens is 256 g/mol. The second kappa shape index (κ2) is 3.24. The zero-order chi connectivity index (χ0) is 9.42. The summed E-state index contributed by atoms with van der Waals surface area (Å²) in [5.74, 6) is -0.289. The summed E-state index contributed by atoms with van der Waals surface area (Å²) in [5.41, 5.74) is 0. The molecule has 0 N–H and O–H groups in total. The molecule has 1 aromatic carbocycles. The Morgan fingerprint density at radius 2 is 2.08 bits per heavy atom. The van der Waals surface area contributed by atoms with Crippen LogP contribution in [0.4, 0.5) is 4.39 Å². The standard InChI is InChI=1S/C9H4BrClFN/c10-7-1-2-8(12)5-3-9(11)13-4-6(5)7/h1-4H. The fraction of sp³-hybridized carbons (Fsp3) is 0. The molecule has 2 rings (SSSR count). The topological polar surface area (TPSA) is 12.9 Å². The molecule has 1 aromatic heterocycles. The average Bonchev–Trinajstić information content (AvgIpc) is 2.12. The highest BCUT2D eigenvalue weighted by Crippen LogP contribution is 2.26. The average molecular weight is 260 g/mol. The van der Waals surface area contributed by atoms with Crippen LogP contribution in [0.1, 0.15) is 0 Å². The molecule has 0 saturated carbocycles. The lowest BCUT2D eigenvalue weighted by Crippen LogP contribution is -1.83. The fourth-order valence-electron chi connectivity index (χ4n) is 1.14. The van der Waals surface area contributed by atoms with E-state index in [0.29, 0.717) is 10.5 Å². The molecule has 4 heteroatoms. The lowest BCUT2D eigenvalue weighted by Gasteiger charge is -2.01. The molecule has 0 bridgehead atoms. The molecular formula is C9H4BrClFN. The van der Waals surface area contributed by atoms with Crippen LogP contribution < -0.4 is 0 Å². The smallest absolute Gasteiger partial charge is 0.131 e. The van der Waals surface area contributed by atoms with Gasteiger partial charge < -0.3 is 0 Å². The second-order valence-corrected chi connectivity index (χ2v) is 3.82. The largest absolute Gasteiger partial charge is 0.244 e. The maximum absolute atomic E-state index is 13.2. The van der Waals surface area contributed by atoms with Crippen LogP contribution >= 0.6 is 27.5 Å². The van der Waals surface area contributed by atoms with Gasteiger partial charge in [0.1, 0.15) is 11.0 Å². The Labute approximate surface area is 87.7 Å². The number of hydrogen-bond acceptors (Lipinski definition) is 1. The quantitative estimate of drug-likeness (QED) is 0.657. The van der Waals surface area contributed by atoms with Gasteiger partial charge >= 0.3 is 0 Å². The molecule has 13 heavy (non-hydrogen) atoms. The number of nitrogens with zero attached hydrogens (tertiary/aromatic N) is 1. The number of pyridine rings is 1. The molecule has 1 nitrogen and oxygen atoms in total. The molecule has 1 heterocycles. The Bertz CT molecular complexity index is 472. The SMILES string of the molecule is Fc1ccc(Br)c2cnc(Cl)cc12. The fourth-order valence-corrected chi connectivity index (χ4v) is 1.75. The molecule has 0 spiro atoms. The zero-order valence-electron chi connectivity index (χ0n) is 6.39. The van der Waals surface area contributed by atoms with Gasteiger partial charge in [0.15, 0.2) is 0 Å². The molecule has 66 valence electrons. The monoisotopic (exact) mass is 259 g/mol. The maximum atomic E-state index is 13.2. The van der Waals surface area contributed by atoms with Crippen molar-refractivity contribution in [2.24, 2.45) is 0 Å². The van der Waals surface area contributed by atoms with E-state index in [1.807, 2.05) is 0 Å². The van der Waals surface area contributed by atoms with Crippen LogP contribution in [-0.4, -0.2) is 4.98 Å². The van der Waals surface area contributed by atoms with E-state index in [-0.39, 0.29) is 5.82 Å². The highest BCUT2D eigenvalue weighted by molar-refractivity contribution is 9.10. The predicted molar refractivity (Wildman–Crippen MR) is 54.4 cm³/mol. The van der Waals surface area contributed by atoms with E-state index in [1.54, 1.807) is 12.3 Å². The predicted octanol–water partition coefficient (Wildman–Crippen LogP) is 3.79. The zero-order valence-corrected chi connectivity index (χ0v) is 8.73. The molecule has 0 aliphatic carbocycles. The van der Waals surface area contributed by atoms with Crippen LogP contribution in [-0.2, 0) is 0 Å². The van der Waals surface area contributed by atoms with Crippen LogP contribution in [0.25, 0.3) is 10.8 Å². The number of benzene rings is 1. The molecule has 0 unspecified atom stereocenters. The van der Waals surface area contributed by atoms with Crippen molar-refractivity contribution in [3.05, 3.63) is 39.8 Å². The first-order chi connectivity index (χ1) is 6.18. The summed E-state index contributed by atoms with van der Waals surface area (Å²) in [7, 11) is 0. The van der Waals surface area contributed by atoms with Crippen LogP contribution in [0.2, 0.25) is 5.15 Å². The van der Waals surface area contributed by atoms with Crippen molar-refractivity contribution in [1.82, 2.24) is 4.98 Å². The third-order valence-electron chi connectivity index (χ3n) is 1.76. The van der Waals surface area contributed by atoms with E-state index in [2.05, 4.69) is 20.9 Å². The first-order valence-corrected chi connectivity index (χ1v) is 4.75. The van der Waals surface area contributed by atoms with Crippen molar-refractivity contribution in [3.63, 3.8) is 0 Å². The molecule has 0 aliphatic heterocycles. The molecule has 0 saturated heterocycles. The van der Waals surface area contributed by atoms with Crippen LogP contribution in [0.5, 0.6) is 0 Å². The summed E-state index contributed by atoms with van der Waals surface area (Å²) in [4.78, 5) is 3.88. The minimum absolute atomic E-state index is 0.289. The van der Waals surface area contributed by atoms with Gasteiger partial charge in [0, 0.05) is 21.4 Å². The molecule has 0 radical (unpaired) electrons. The van der Waals surface area contributed by atoms with Gasteiger partial charge in [-0.15, -0.1) is 0 Å². The van der Waals surface area contributed by atoms with Crippen molar-refractivity contribution < 1.29 is 4.39 Å². The van der Waals surface area contributed by atoms with Crippen molar-refractivity contribution in [1.29, 1.82) is 0 Å². The first kappa shape index (κ1) is 8.91. The molecule has 0 atom stereocenters. The van der Waals surface area contributed by atoms with Crippen molar-refractivity contribution in [2.75, 3.05) is 0 Å². The summed E-state index contributed by atoms with van der Waals surface area (Å²) in [6, 6.07) is 4.55. The highest BCUT2D eigenvalue weighted by Gasteiger charge is 2.04. The lowest BCUT2D eigenvalue weighted by molar-refractivity contribution is 0.639. The van der Waals surface area contributed by atoms with E-state index in [1.165, 1.54) is 12.1 Å². The summed E-state index contributed by atoms with van der Waals surface area (Å²) >= 11 is 8.96. The number of fused-ring (bicyclic) bond motifs is 1. The van der Waals surface area contributed by atoms with Crippen LogP contribution in [0.15, 0.2) is 28.9 Å². The Morgan fingerprint density at radius 3 is 2.85 bits per heavy atom. The van der Waals surface area contributed by atoms with Gasteiger partial charge in [-0.25, -0.2) is 9.37 Å². The van der Waals surface area contributed by atoms with Crippen molar-refractivity contribution in [3.8, 4) is 0 Å². The molecule has 0 fully saturated rings. The third-order valence-corrected chi connectivity index (χ3v) is 2.66. The minimum atomic E-state index is -0.289.